The van der Waals surface area contributed by atoms with Gasteiger partial charge in [-0.15, -0.1) is 22.0 Å². The zero-order chi connectivity index (χ0) is 35.3. The van der Waals surface area contributed by atoms with Gasteiger partial charge in [-0.2, -0.15) is 0 Å². The molecule has 1 aromatic heterocycles. The molecule has 2 aliphatic heterocycles. The molecule has 11 nitrogen and oxygen atoms in total. The summed E-state index contributed by atoms with van der Waals surface area (Å²) in [6.45, 7) is 5.45. The second kappa shape index (κ2) is 15.5. The first-order chi connectivity index (χ1) is 24.1. The third-order valence-corrected chi connectivity index (χ3v) is 11.0. The van der Waals surface area contributed by atoms with Gasteiger partial charge in [0.1, 0.15) is 27.7 Å². The Morgan fingerprint density at radius 2 is 1.56 bits per heavy atom. The Labute approximate surface area is 302 Å². The molecule has 0 aliphatic carbocycles. The van der Waals surface area contributed by atoms with Gasteiger partial charge in [0, 0.05) is 10.7 Å². The molecule has 1 fully saturated rings. The molecule has 0 bridgehead atoms. The molecule has 4 aromatic rings. The predicted molar refractivity (Wildman–Crippen MR) is 192 cm³/mol. The van der Waals surface area contributed by atoms with Gasteiger partial charge in [-0.05, 0) is 37.5 Å². The van der Waals surface area contributed by atoms with Gasteiger partial charge < -0.3 is 20.1 Å². The van der Waals surface area contributed by atoms with Crippen molar-refractivity contribution in [3.05, 3.63) is 123 Å². The first-order valence-electron chi connectivity index (χ1n) is 15.8. The van der Waals surface area contributed by atoms with Gasteiger partial charge in [0.15, 0.2) is 10.4 Å². The molecule has 0 saturated carbocycles. The van der Waals surface area contributed by atoms with Gasteiger partial charge in [0.2, 0.25) is 5.91 Å². The number of hydrogen-bond acceptors (Lipinski definition) is 11. The number of β-lactam (4-membered cyclic amide) rings is 1. The van der Waals surface area contributed by atoms with Crippen molar-refractivity contribution < 1.29 is 28.7 Å². The van der Waals surface area contributed by atoms with Crippen molar-refractivity contribution in [3.8, 4) is 0 Å². The highest BCUT2D eigenvalue weighted by Crippen LogP contribution is 2.46. The number of fused-ring (bicyclic) bond motifs is 1. The van der Waals surface area contributed by atoms with Gasteiger partial charge in [0.25, 0.3) is 5.91 Å². The third kappa shape index (κ3) is 8.55. The Hall–Kier alpha value is -4.66. The minimum absolute atomic E-state index is 0.109. The van der Waals surface area contributed by atoms with E-state index in [1.54, 1.807) is 20.8 Å². The zero-order valence-electron chi connectivity index (χ0n) is 27.5. The summed E-state index contributed by atoms with van der Waals surface area (Å²) in [5, 5.41) is 14.1. The lowest BCUT2D eigenvalue weighted by molar-refractivity contribution is -0.154. The number of nitrogens with zero attached hydrogens (tertiary/aromatic N) is 3. The Balaban J connectivity index is 1.25. The summed E-state index contributed by atoms with van der Waals surface area (Å²) in [4.78, 5) is 55.1. The maximum absolute atomic E-state index is 14.3. The Morgan fingerprint density at radius 3 is 2.18 bits per heavy atom. The van der Waals surface area contributed by atoms with E-state index in [9.17, 15) is 19.2 Å². The Morgan fingerprint density at radius 1 is 0.940 bits per heavy atom. The summed E-state index contributed by atoms with van der Waals surface area (Å²) >= 11 is 3.92. The van der Waals surface area contributed by atoms with Crippen LogP contribution >= 0.6 is 34.9 Å². The van der Waals surface area contributed by atoms with Gasteiger partial charge in [0.05, 0.1) is 13.0 Å². The molecule has 50 heavy (non-hydrogen) atoms. The van der Waals surface area contributed by atoms with E-state index in [-0.39, 0.29) is 24.6 Å². The number of nitrogens with one attached hydrogen (secondary N) is 2. The smallest absolute Gasteiger partial charge is 0.408 e. The quantitative estimate of drug-likeness (QED) is 0.143. The van der Waals surface area contributed by atoms with Crippen LogP contribution in [0.2, 0.25) is 0 Å². The van der Waals surface area contributed by atoms with Crippen LogP contribution in [0.15, 0.2) is 106 Å². The second-order valence-corrected chi connectivity index (χ2v) is 15.9. The van der Waals surface area contributed by atoms with E-state index in [2.05, 4.69) is 20.8 Å². The minimum atomic E-state index is -0.795. The highest BCUT2D eigenvalue weighted by atomic mass is 32.2. The number of benzene rings is 3. The van der Waals surface area contributed by atoms with Crippen LogP contribution in [0.1, 0.15) is 48.6 Å². The molecule has 0 spiro atoms. The first-order valence-corrected chi connectivity index (χ1v) is 18.5. The number of amides is 3. The molecule has 3 heterocycles. The van der Waals surface area contributed by atoms with Gasteiger partial charge in [-0.3, -0.25) is 14.5 Å². The molecular formula is C36H35N5O6S3. The van der Waals surface area contributed by atoms with E-state index in [0.717, 1.165) is 16.7 Å². The summed E-state index contributed by atoms with van der Waals surface area (Å²) in [6.07, 6.45) is -1.18. The summed E-state index contributed by atoms with van der Waals surface area (Å²) < 4.78 is 12.1. The molecule has 6 rings (SSSR count). The maximum atomic E-state index is 14.3. The second-order valence-electron chi connectivity index (χ2n) is 12.4. The molecule has 0 unspecified atom stereocenters. The van der Waals surface area contributed by atoms with Crippen molar-refractivity contribution in [2.45, 2.75) is 61.2 Å². The summed E-state index contributed by atoms with van der Waals surface area (Å²) in [5.74, 6) is -0.989. The van der Waals surface area contributed by atoms with Crippen molar-refractivity contribution in [2.75, 3.05) is 5.75 Å². The fraction of sp³-hybridized carbons (Fsp3) is 0.278. The number of rotatable bonds is 11. The molecule has 2 N–H and O–H groups in total. The van der Waals surface area contributed by atoms with Crippen LogP contribution in [0, 0.1) is 0 Å². The monoisotopic (exact) mass is 729 g/mol. The summed E-state index contributed by atoms with van der Waals surface area (Å²) in [6, 6.07) is 27.3. The number of esters is 1. The molecule has 3 aromatic carbocycles. The van der Waals surface area contributed by atoms with Gasteiger partial charge in [-0.25, -0.2) is 9.59 Å². The number of carbonyl (C=O) groups is 4. The maximum Gasteiger partial charge on any atom is 0.408 e. The van der Waals surface area contributed by atoms with Crippen LogP contribution in [-0.2, 0) is 36.8 Å². The number of aromatic nitrogens is 2. The average molecular weight is 730 g/mol. The van der Waals surface area contributed by atoms with E-state index < -0.39 is 41.1 Å². The number of thioether (sulfide) groups is 2. The van der Waals surface area contributed by atoms with Crippen LogP contribution in [0.5, 0.6) is 0 Å². The first kappa shape index (κ1) is 35.2. The number of ether oxygens (including phenoxy) is 2. The van der Waals surface area contributed by atoms with Gasteiger partial charge >= 0.3 is 12.1 Å². The van der Waals surface area contributed by atoms with Crippen LogP contribution in [0.4, 0.5) is 4.79 Å². The molecule has 2 atom stereocenters. The van der Waals surface area contributed by atoms with Crippen molar-refractivity contribution in [3.63, 3.8) is 0 Å². The van der Waals surface area contributed by atoms with Crippen molar-refractivity contribution in [1.82, 2.24) is 25.7 Å². The van der Waals surface area contributed by atoms with Crippen molar-refractivity contribution >= 4 is 58.7 Å². The highest BCUT2D eigenvalue weighted by molar-refractivity contribution is 8.07. The lowest BCUT2D eigenvalue weighted by Crippen LogP contribution is -2.70. The standard InChI is InChI=1S/C36H35N5O6S3/c1-36(2,3)47-34(45)37-20-27-39-40-35(50-27)49-25-21-48-32-28(38-26(42)19-22-13-7-4-8-14-22)31(43)41(32)29(25)33(44)46-30(23-15-9-5-10-16-23)24-17-11-6-12-18-24/h4-18,28,30,32H,19-21H2,1-3H3,(H,37,45)(H,38,42)/t28-,32-/m1/s1. The predicted octanol–water partition coefficient (Wildman–Crippen LogP) is 5.84. The Kier molecular flexibility index (Phi) is 10.9. The Bertz CT molecular complexity index is 1840. The number of carbonyl (C=O) groups excluding carboxylic acids is 4. The van der Waals surface area contributed by atoms with E-state index in [0.29, 0.717) is 20.0 Å². The number of hydrogen-bond donors (Lipinski definition) is 2. The SMILES string of the molecule is CC(C)(C)OC(=O)NCc1nnc(SC2=C(C(=O)OC(c3ccccc3)c3ccccc3)N3C(=O)[C@@H](NC(=O)Cc4ccccc4)[C@H]3SC2)s1. The third-order valence-electron chi connectivity index (χ3n) is 7.52. The van der Waals surface area contributed by atoms with Crippen molar-refractivity contribution in [1.29, 1.82) is 0 Å². The van der Waals surface area contributed by atoms with Crippen LogP contribution in [0.3, 0.4) is 0 Å². The normalized spacial score (nSPS) is 17.1. The molecule has 0 radical (unpaired) electrons. The lowest BCUT2D eigenvalue weighted by Gasteiger charge is -2.49. The van der Waals surface area contributed by atoms with E-state index in [1.807, 2.05) is 91.0 Å². The zero-order valence-corrected chi connectivity index (χ0v) is 30.0. The molecule has 1 saturated heterocycles. The minimum Gasteiger partial charge on any atom is -0.448 e. The largest absolute Gasteiger partial charge is 0.448 e. The van der Waals surface area contributed by atoms with Gasteiger partial charge in [-0.1, -0.05) is 114 Å². The summed E-state index contributed by atoms with van der Waals surface area (Å²) in [7, 11) is 0. The molecular weight excluding hydrogens is 695 g/mol. The lowest BCUT2D eigenvalue weighted by atomic mass is 10.0. The van der Waals surface area contributed by atoms with Crippen LogP contribution in [0.25, 0.3) is 0 Å². The molecule has 258 valence electrons. The summed E-state index contributed by atoms with van der Waals surface area (Å²) in [5.41, 5.74) is 1.85. The van der Waals surface area contributed by atoms with Crippen LogP contribution in [-0.4, -0.2) is 61.7 Å². The number of alkyl carbamates (subject to hydrolysis) is 1. The topological polar surface area (TPSA) is 140 Å². The molecule has 3 amide bonds. The van der Waals surface area contributed by atoms with E-state index in [4.69, 9.17) is 9.47 Å². The van der Waals surface area contributed by atoms with E-state index >= 15 is 0 Å². The van der Waals surface area contributed by atoms with E-state index in [1.165, 1.54) is 39.8 Å². The van der Waals surface area contributed by atoms with Crippen LogP contribution < -0.4 is 10.6 Å². The molecule has 14 heteroatoms. The molecule has 2 aliphatic rings. The highest BCUT2D eigenvalue weighted by Gasteiger charge is 2.55. The average Bonchev–Trinajstić information content (AvgIpc) is 3.56. The van der Waals surface area contributed by atoms with Crippen molar-refractivity contribution in [2.24, 2.45) is 0 Å². The fourth-order valence-corrected chi connectivity index (χ4v) is 8.80. The fourth-order valence-electron chi connectivity index (χ4n) is 5.33.